The van der Waals surface area contributed by atoms with Crippen LogP contribution >= 0.6 is 0 Å². The van der Waals surface area contributed by atoms with Crippen LogP contribution in [-0.2, 0) is 6.18 Å². The van der Waals surface area contributed by atoms with Crippen molar-refractivity contribution in [3.63, 3.8) is 0 Å². The molecule has 1 aromatic heterocycles. The number of likely N-dealkylation sites (tertiary alicyclic amines) is 1. The lowest BCUT2D eigenvalue weighted by Crippen LogP contribution is -2.47. The predicted octanol–water partition coefficient (Wildman–Crippen LogP) is 3.73. The molecule has 0 radical (unpaired) electrons. The Morgan fingerprint density at radius 2 is 1.68 bits per heavy atom. The van der Waals surface area contributed by atoms with E-state index in [0.29, 0.717) is 17.9 Å². The molecule has 0 atom stereocenters. The molecule has 1 saturated heterocycles. The molecule has 0 spiro atoms. The van der Waals surface area contributed by atoms with Crippen molar-refractivity contribution in [3.8, 4) is 0 Å². The lowest BCUT2D eigenvalue weighted by molar-refractivity contribution is -0.141. The molecule has 0 amide bonds. The van der Waals surface area contributed by atoms with Gasteiger partial charge in [0.25, 0.3) is 0 Å². The van der Waals surface area contributed by atoms with Crippen molar-refractivity contribution in [2.75, 3.05) is 24.5 Å². The van der Waals surface area contributed by atoms with Crippen molar-refractivity contribution < 1.29 is 13.2 Å². The van der Waals surface area contributed by atoms with Crippen LogP contribution in [0.15, 0.2) is 12.4 Å². The van der Waals surface area contributed by atoms with Gasteiger partial charge >= 0.3 is 6.18 Å². The Morgan fingerprint density at radius 3 is 2.24 bits per heavy atom. The van der Waals surface area contributed by atoms with E-state index >= 15 is 0 Å². The zero-order valence-corrected chi connectivity index (χ0v) is 14.4. The minimum Gasteiger partial charge on any atom is -0.350 e. The van der Waals surface area contributed by atoms with E-state index in [2.05, 4.69) is 19.8 Å². The van der Waals surface area contributed by atoms with Gasteiger partial charge in [-0.1, -0.05) is 6.42 Å². The highest BCUT2D eigenvalue weighted by atomic mass is 19.4. The summed E-state index contributed by atoms with van der Waals surface area (Å²) in [6.07, 6.45) is 4.83. The average Bonchev–Trinajstić information content (AvgIpc) is 3.37. The van der Waals surface area contributed by atoms with Crippen molar-refractivity contribution >= 4 is 5.82 Å². The third-order valence-electron chi connectivity index (χ3n) is 5.84. The fourth-order valence-corrected chi connectivity index (χ4v) is 4.09. The van der Waals surface area contributed by atoms with Crippen molar-refractivity contribution in [3.05, 3.63) is 18.1 Å². The van der Waals surface area contributed by atoms with Gasteiger partial charge in [-0.15, -0.1) is 0 Å². The lowest BCUT2D eigenvalue weighted by Gasteiger charge is -2.41. The molecule has 3 fully saturated rings. The third-order valence-corrected chi connectivity index (χ3v) is 5.84. The summed E-state index contributed by atoms with van der Waals surface area (Å²) in [7, 11) is 0. The second kappa shape index (κ2) is 6.74. The van der Waals surface area contributed by atoms with Crippen LogP contribution in [0.25, 0.3) is 0 Å². The Morgan fingerprint density at radius 1 is 1.00 bits per heavy atom. The number of hydrogen-bond donors (Lipinski definition) is 0. The largest absolute Gasteiger partial charge is 0.433 e. The summed E-state index contributed by atoms with van der Waals surface area (Å²) in [6, 6.07) is 1.76. The zero-order chi connectivity index (χ0) is 17.4. The molecule has 4 nitrogen and oxygen atoms in total. The van der Waals surface area contributed by atoms with Crippen LogP contribution in [0.1, 0.15) is 50.6 Å². The van der Waals surface area contributed by atoms with E-state index in [1.54, 1.807) is 0 Å². The second-order valence-electron chi connectivity index (χ2n) is 7.73. The number of piperidine rings is 1. The quantitative estimate of drug-likeness (QED) is 0.807. The molecule has 1 aromatic rings. The summed E-state index contributed by atoms with van der Waals surface area (Å²) >= 11 is 0. The maximum atomic E-state index is 13.0. The molecular formula is C18H25F3N4. The Labute approximate surface area is 146 Å². The van der Waals surface area contributed by atoms with E-state index in [-0.39, 0.29) is 0 Å². The van der Waals surface area contributed by atoms with Gasteiger partial charge in [0.2, 0.25) is 0 Å². The maximum absolute atomic E-state index is 13.0. The van der Waals surface area contributed by atoms with Gasteiger partial charge < -0.3 is 9.80 Å². The molecule has 2 heterocycles. The highest BCUT2D eigenvalue weighted by Crippen LogP contribution is 2.37. The standard InChI is InChI=1S/C18H25F3N4/c19-18(20,21)16-10-17(23-12-22-16)25(14-4-5-14)15-6-8-24(9-7-15)11-13-2-1-3-13/h10,12-15H,1-9,11H2. The molecule has 2 saturated carbocycles. The molecule has 0 N–H and O–H groups in total. The summed E-state index contributed by atoms with van der Waals surface area (Å²) in [4.78, 5) is 12.3. The monoisotopic (exact) mass is 354 g/mol. The highest BCUT2D eigenvalue weighted by Gasteiger charge is 2.39. The zero-order valence-electron chi connectivity index (χ0n) is 14.4. The first-order chi connectivity index (χ1) is 12.0. The van der Waals surface area contributed by atoms with E-state index in [0.717, 1.165) is 57.1 Å². The van der Waals surface area contributed by atoms with E-state index in [4.69, 9.17) is 0 Å². The molecule has 0 bridgehead atoms. The number of halogens is 3. The van der Waals surface area contributed by atoms with Gasteiger partial charge in [-0.3, -0.25) is 0 Å². The van der Waals surface area contributed by atoms with Gasteiger partial charge in [-0.25, -0.2) is 9.97 Å². The first-order valence-corrected chi connectivity index (χ1v) is 9.40. The van der Waals surface area contributed by atoms with Gasteiger partial charge in [0, 0.05) is 37.8 Å². The van der Waals surface area contributed by atoms with E-state index in [9.17, 15) is 13.2 Å². The normalized spacial score (nSPS) is 23.5. The molecule has 2 aliphatic carbocycles. The Hall–Kier alpha value is -1.37. The van der Waals surface area contributed by atoms with E-state index < -0.39 is 11.9 Å². The number of rotatable bonds is 5. The van der Waals surface area contributed by atoms with E-state index in [1.807, 2.05) is 0 Å². The minimum absolute atomic E-state index is 0.293. The van der Waals surface area contributed by atoms with Crippen LogP contribution in [0.3, 0.4) is 0 Å². The lowest BCUT2D eigenvalue weighted by atomic mass is 9.84. The van der Waals surface area contributed by atoms with Crippen molar-refractivity contribution in [1.82, 2.24) is 14.9 Å². The summed E-state index contributed by atoms with van der Waals surface area (Å²) in [5.74, 6) is 1.31. The van der Waals surface area contributed by atoms with E-state index in [1.165, 1.54) is 25.8 Å². The fourth-order valence-electron chi connectivity index (χ4n) is 4.09. The van der Waals surface area contributed by atoms with Gasteiger partial charge in [0.05, 0.1) is 0 Å². The molecule has 25 heavy (non-hydrogen) atoms. The summed E-state index contributed by atoms with van der Waals surface area (Å²) in [5, 5.41) is 0. The molecule has 7 heteroatoms. The van der Waals surface area contributed by atoms with Crippen molar-refractivity contribution in [2.24, 2.45) is 5.92 Å². The second-order valence-corrected chi connectivity index (χ2v) is 7.73. The first kappa shape index (κ1) is 17.1. The van der Waals surface area contributed by atoms with Gasteiger partial charge in [-0.2, -0.15) is 13.2 Å². The molecule has 0 aromatic carbocycles. The van der Waals surface area contributed by atoms with Crippen LogP contribution < -0.4 is 4.90 Å². The molecule has 1 aliphatic heterocycles. The number of alkyl halides is 3. The molecule has 3 aliphatic rings. The molecule has 138 valence electrons. The van der Waals surface area contributed by atoms with Gasteiger partial charge in [0.1, 0.15) is 17.8 Å². The van der Waals surface area contributed by atoms with Crippen molar-refractivity contribution in [2.45, 2.75) is 63.2 Å². The average molecular weight is 354 g/mol. The Kier molecular flexibility index (Phi) is 4.60. The third kappa shape index (κ3) is 3.91. The first-order valence-electron chi connectivity index (χ1n) is 9.40. The van der Waals surface area contributed by atoms with Crippen LogP contribution in [0.5, 0.6) is 0 Å². The topological polar surface area (TPSA) is 32.3 Å². The summed E-state index contributed by atoms with van der Waals surface area (Å²) in [6.45, 7) is 3.28. The van der Waals surface area contributed by atoms with Crippen molar-refractivity contribution in [1.29, 1.82) is 0 Å². The minimum atomic E-state index is -4.42. The highest BCUT2D eigenvalue weighted by molar-refractivity contribution is 5.44. The fraction of sp³-hybridized carbons (Fsp3) is 0.778. The molecule has 0 unspecified atom stereocenters. The summed E-state index contributed by atoms with van der Waals surface area (Å²) in [5.41, 5.74) is -0.842. The summed E-state index contributed by atoms with van der Waals surface area (Å²) < 4.78 is 39.0. The van der Waals surface area contributed by atoms with Gasteiger partial charge in [0.15, 0.2) is 0 Å². The van der Waals surface area contributed by atoms with Crippen LogP contribution in [-0.4, -0.2) is 46.6 Å². The Balaban J connectivity index is 1.43. The van der Waals surface area contributed by atoms with Crippen LogP contribution in [0, 0.1) is 5.92 Å². The van der Waals surface area contributed by atoms with Gasteiger partial charge in [-0.05, 0) is 44.4 Å². The Bertz CT molecular complexity index is 590. The van der Waals surface area contributed by atoms with Crippen LogP contribution in [0.4, 0.5) is 19.0 Å². The number of hydrogen-bond acceptors (Lipinski definition) is 4. The molecular weight excluding hydrogens is 329 g/mol. The maximum Gasteiger partial charge on any atom is 0.433 e. The van der Waals surface area contributed by atoms with Crippen LogP contribution in [0.2, 0.25) is 0 Å². The number of aromatic nitrogens is 2. The number of nitrogens with zero attached hydrogens (tertiary/aromatic N) is 4. The predicted molar refractivity (Wildman–Crippen MR) is 89.3 cm³/mol. The smallest absolute Gasteiger partial charge is 0.350 e. The SMILES string of the molecule is FC(F)(F)c1cc(N(C2CC2)C2CCN(CC3CCC3)CC2)ncn1. The molecule has 4 rings (SSSR count). The number of anilines is 1.